The van der Waals surface area contributed by atoms with Gasteiger partial charge in [-0.05, 0) is 68.9 Å². The summed E-state index contributed by atoms with van der Waals surface area (Å²) in [5.41, 5.74) is 2.49. The fraction of sp³-hybridized carbons (Fsp3) is 0.360. The first-order chi connectivity index (χ1) is 14.1. The molecule has 3 nitrogen and oxygen atoms in total. The van der Waals surface area contributed by atoms with E-state index >= 15 is 0 Å². The second-order valence-electron chi connectivity index (χ2n) is 7.51. The van der Waals surface area contributed by atoms with E-state index in [0.29, 0.717) is 6.04 Å². The van der Waals surface area contributed by atoms with Gasteiger partial charge >= 0.3 is 0 Å². The van der Waals surface area contributed by atoms with E-state index in [1.54, 1.807) is 18.4 Å². The van der Waals surface area contributed by atoms with Gasteiger partial charge in [-0.2, -0.15) is 0 Å². The summed E-state index contributed by atoms with van der Waals surface area (Å²) in [5, 5.41) is 5.81. The second-order valence-corrected chi connectivity index (χ2v) is 8.49. The number of hydrogen-bond donors (Lipinski definition) is 1. The van der Waals surface area contributed by atoms with Gasteiger partial charge in [0, 0.05) is 22.4 Å². The molecule has 3 rings (SSSR count). The van der Waals surface area contributed by atoms with E-state index in [-0.39, 0.29) is 12.0 Å². The first-order valence-electron chi connectivity index (χ1n) is 10.2. The summed E-state index contributed by atoms with van der Waals surface area (Å²) in [6.45, 7) is 7.24. The first-order valence-corrected chi connectivity index (χ1v) is 11.1. The highest BCUT2D eigenvalue weighted by Crippen LogP contribution is 2.35. The molecule has 0 aliphatic rings. The van der Waals surface area contributed by atoms with Gasteiger partial charge in [-0.25, -0.2) is 0 Å². The van der Waals surface area contributed by atoms with Crippen LogP contribution in [0.2, 0.25) is 0 Å². The van der Waals surface area contributed by atoms with E-state index in [1.165, 1.54) is 16.0 Å². The van der Waals surface area contributed by atoms with Crippen LogP contribution in [0.3, 0.4) is 0 Å². The van der Waals surface area contributed by atoms with Crippen molar-refractivity contribution >= 4 is 11.3 Å². The highest BCUT2D eigenvalue weighted by Gasteiger charge is 2.19. The molecule has 1 heterocycles. The molecule has 0 amide bonds. The SMILES string of the molecule is COc1ccccc1[C@@H](CCN[C@@H](C)c1cccs1)c1ccc(OC(C)C)cc1. The largest absolute Gasteiger partial charge is 0.496 e. The van der Waals surface area contributed by atoms with Crippen molar-refractivity contribution < 1.29 is 9.47 Å². The highest BCUT2D eigenvalue weighted by molar-refractivity contribution is 7.10. The molecular weight excluding hydrogens is 378 g/mol. The fourth-order valence-electron chi connectivity index (χ4n) is 3.59. The zero-order valence-electron chi connectivity index (χ0n) is 17.7. The van der Waals surface area contributed by atoms with Crippen LogP contribution in [0, 0.1) is 0 Å². The summed E-state index contributed by atoms with van der Waals surface area (Å²) >= 11 is 1.80. The van der Waals surface area contributed by atoms with Crippen molar-refractivity contribution in [3.05, 3.63) is 82.0 Å². The number of methoxy groups -OCH3 is 1. The number of benzene rings is 2. The molecule has 4 heteroatoms. The molecule has 0 fully saturated rings. The summed E-state index contributed by atoms with van der Waals surface area (Å²) in [5.74, 6) is 2.10. The van der Waals surface area contributed by atoms with Crippen molar-refractivity contribution in [2.75, 3.05) is 13.7 Å². The fourth-order valence-corrected chi connectivity index (χ4v) is 4.35. The van der Waals surface area contributed by atoms with Crippen LogP contribution in [0.5, 0.6) is 11.5 Å². The van der Waals surface area contributed by atoms with Crippen LogP contribution in [-0.4, -0.2) is 19.8 Å². The van der Waals surface area contributed by atoms with Gasteiger partial charge in [0.25, 0.3) is 0 Å². The monoisotopic (exact) mass is 409 g/mol. The molecule has 2 atom stereocenters. The number of hydrogen-bond acceptors (Lipinski definition) is 4. The standard InChI is InChI=1S/C25H31NO2S/c1-18(2)28-21-13-11-20(12-14-21)22(23-8-5-6-9-24(23)27-4)15-16-26-19(3)25-10-7-17-29-25/h5-14,17-19,22,26H,15-16H2,1-4H3/t19-,22-/m0/s1. The first kappa shape index (κ1) is 21.4. The number of para-hydroxylation sites is 1. The maximum atomic E-state index is 5.82. The molecule has 29 heavy (non-hydrogen) atoms. The lowest BCUT2D eigenvalue weighted by atomic mass is 9.87. The lowest BCUT2D eigenvalue weighted by Gasteiger charge is -2.22. The zero-order chi connectivity index (χ0) is 20.6. The summed E-state index contributed by atoms with van der Waals surface area (Å²) in [6.07, 6.45) is 1.16. The third-order valence-corrected chi connectivity index (χ3v) is 6.08. The molecule has 0 saturated heterocycles. The number of thiophene rings is 1. The van der Waals surface area contributed by atoms with Crippen molar-refractivity contribution in [1.82, 2.24) is 5.32 Å². The molecule has 154 valence electrons. The van der Waals surface area contributed by atoms with E-state index in [0.717, 1.165) is 24.5 Å². The topological polar surface area (TPSA) is 30.5 Å². The Labute approximate surface area is 178 Å². The molecule has 0 unspecified atom stereocenters. The third-order valence-electron chi connectivity index (χ3n) is 5.02. The maximum absolute atomic E-state index is 5.82. The number of rotatable bonds is 10. The highest BCUT2D eigenvalue weighted by atomic mass is 32.1. The molecular formula is C25H31NO2S. The minimum atomic E-state index is 0.175. The van der Waals surface area contributed by atoms with Gasteiger partial charge in [-0.15, -0.1) is 11.3 Å². The van der Waals surface area contributed by atoms with Crippen LogP contribution in [0.15, 0.2) is 66.0 Å². The van der Waals surface area contributed by atoms with Crippen molar-refractivity contribution in [3.8, 4) is 11.5 Å². The molecule has 0 radical (unpaired) electrons. The van der Waals surface area contributed by atoms with Crippen molar-refractivity contribution in [2.24, 2.45) is 0 Å². The van der Waals surface area contributed by atoms with Crippen LogP contribution in [-0.2, 0) is 0 Å². The van der Waals surface area contributed by atoms with Gasteiger partial charge < -0.3 is 14.8 Å². The molecule has 3 aromatic rings. The van der Waals surface area contributed by atoms with E-state index < -0.39 is 0 Å². The summed E-state index contributed by atoms with van der Waals surface area (Å²) in [6, 6.07) is 21.5. The Morgan fingerprint density at radius 1 is 0.931 bits per heavy atom. The molecule has 1 aromatic heterocycles. The molecule has 0 saturated carbocycles. The Morgan fingerprint density at radius 2 is 1.69 bits per heavy atom. The van der Waals surface area contributed by atoms with Crippen LogP contribution in [0.25, 0.3) is 0 Å². The summed E-state index contributed by atoms with van der Waals surface area (Å²) < 4.78 is 11.5. The zero-order valence-corrected chi connectivity index (χ0v) is 18.5. The summed E-state index contributed by atoms with van der Waals surface area (Å²) in [7, 11) is 1.74. The molecule has 2 aromatic carbocycles. The lowest BCUT2D eigenvalue weighted by Crippen LogP contribution is -2.21. The average molecular weight is 410 g/mol. The van der Waals surface area contributed by atoms with Gasteiger partial charge in [0.15, 0.2) is 0 Å². The summed E-state index contributed by atoms with van der Waals surface area (Å²) in [4.78, 5) is 1.37. The maximum Gasteiger partial charge on any atom is 0.122 e. The number of nitrogens with one attached hydrogen (secondary N) is 1. The molecule has 0 aliphatic carbocycles. The average Bonchev–Trinajstić information content (AvgIpc) is 3.26. The Hall–Kier alpha value is -2.30. The van der Waals surface area contributed by atoms with Crippen LogP contribution in [0.1, 0.15) is 55.2 Å². The minimum absolute atomic E-state index is 0.175. The normalized spacial score (nSPS) is 13.3. The Morgan fingerprint density at radius 3 is 2.34 bits per heavy atom. The molecule has 0 aliphatic heterocycles. The van der Waals surface area contributed by atoms with Gasteiger partial charge in [0.1, 0.15) is 11.5 Å². The van der Waals surface area contributed by atoms with Gasteiger partial charge in [0.2, 0.25) is 0 Å². The second kappa shape index (κ2) is 10.5. The van der Waals surface area contributed by atoms with E-state index in [4.69, 9.17) is 9.47 Å². The molecule has 1 N–H and O–H groups in total. The van der Waals surface area contributed by atoms with Crippen LogP contribution >= 0.6 is 11.3 Å². The van der Waals surface area contributed by atoms with Gasteiger partial charge in [0.05, 0.1) is 13.2 Å². The van der Waals surface area contributed by atoms with Gasteiger partial charge in [-0.1, -0.05) is 36.4 Å². The number of ether oxygens (including phenoxy) is 2. The van der Waals surface area contributed by atoms with Crippen LogP contribution in [0.4, 0.5) is 0 Å². The predicted molar refractivity (Wildman–Crippen MR) is 122 cm³/mol. The van der Waals surface area contributed by atoms with Crippen molar-refractivity contribution in [2.45, 2.75) is 45.3 Å². The Kier molecular flexibility index (Phi) is 7.73. The van der Waals surface area contributed by atoms with E-state index in [1.807, 2.05) is 26.0 Å². The smallest absolute Gasteiger partial charge is 0.122 e. The quantitative estimate of drug-likeness (QED) is 0.419. The van der Waals surface area contributed by atoms with Gasteiger partial charge in [-0.3, -0.25) is 0 Å². The third kappa shape index (κ3) is 5.84. The van der Waals surface area contributed by atoms with Crippen LogP contribution < -0.4 is 14.8 Å². The molecule has 0 bridgehead atoms. The molecule has 0 spiro atoms. The van der Waals surface area contributed by atoms with E-state index in [9.17, 15) is 0 Å². The van der Waals surface area contributed by atoms with E-state index in [2.05, 4.69) is 66.2 Å². The lowest BCUT2D eigenvalue weighted by molar-refractivity contribution is 0.242. The van der Waals surface area contributed by atoms with Crippen molar-refractivity contribution in [1.29, 1.82) is 0 Å². The van der Waals surface area contributed by atoms with Crippen molar-refractivity contribution in [3.63, 3.8) is 0 Å². The minimum Gasteiger partial charge on any atom is -0.496 e. The Bertz CT molecular complexity index is 859. The Balaban J connectivity index is 1.78. The predicted octanol–water partition coefficient (Wildman–Crippen LogP) is 6.42.